The highest BCUT2D eigenvalue weighted by Crippen LogP contribution is 2.26. The first kappa shape index (κ1) is 13.1. The van der Waals surface area contributed by atoms with Gasteiger partial charge in [0, 0.05) is 14.1 Å². The van der Waals surface area contributed by atoms with Crippen molar-refractivity contribution >= 4 is 44.5 Å². The first-order valence-corrected chi connectivity index (χ1v) is 7.02. The van der Waals surface area contributed by atoms with Gasteiger partial charge in [-0.05, 0) is 40.2 Å². The van der Waals surface area contributed by atoms with Gasteiger partial charge in [-0.2, -0.15) is 0 Å². The molecule has 0 aliphatic rings. The predicted molar refractivity (Wildman–Crippen MR) is 80.7 cm³/mol. The Bertz CT molecular complexity index is 566. The quantitative estimate of drug-likeness (QED) is 0.930. The van der Waals surface area contributed by atoms with Gasteiger partial charge in [0.1, 0.15) is 0 Å². The van der Waals surface area contributed by atoms with Crippen LogP contribution in [0.25, 0.3) is 0 Å². The molecule has 5 heteroatoms. The van der Waals surface area contributed by atoms with Gasteiger partial charge in [0.2, 0.25) is 0 Å². The van der Waals surface area contributed by atoms with Crippen LogP contribution < -0.4 is 10.2 Å². The van der Waals surface area contributed by atoms with E-state index in [9.17, 15) is 4.79 Å². The Morgan fingerprint density at radius 1 is 1.22 bits per heavy atom. The molecule has 2 aromatic rings. The molecule has 0 radical (unpaired) electrons. The highest BCUT2D eigenvalue weighted by molar-refractivity contribution is 9.11. The fraction of sp³-hybridized carbons (Fsp3) is 0.154. The number of carbonyl (C=O) groups excluding carboxylic acids is 1. The summed E-state index contributed by atoms with van der Waals surface area (Å²) >= 11 is 4.77. The Hall–Kier alpha value is -1.33. The number of rotatable bonds is 3. The summed E-state index contributed by atoms with van der Waals surface area (Å²) < 4.78 is 0.952. The summed E-state index contributed by atoms with van der Waals surface area (Å²) in [6, 6.07) is 11.4. The second-order valence-corrected chi connectivity index (χ2v) is 6.43. The fourth-order valence-electron chi connectivity index (χ4n) is 1.59. The van der Waals surface area contributed by atoms with Crippen LogP contribution in [0.1, 0.15) is 9.67 Å². The number of hydrogen-bond donors (Lipinski definition) is 1. The molecular formula is C13H13BrN2OS. The largest absolute Gasteiger partial charge is 0.376 e. The van der Waals surface area contributed by atoms with E-state index in [1.165, 1.54) is 11.3 Å². The van der Waals surface area contributed by atoms with Crippen molar-refractivity contribution in [2.75, 3.05) is 24.3 Å². The Balaban J connectivity index is 2.22. The molecule has 0 saturated carbocycles. The van der Waals surface area contributed by atoms with Crippen molar-refractivity contribution in [3.05, 3.63) is 45.1 Å². The molecule has 18 heavy (non-hydrogen) atoms. The van der Waals surface area contributed by atoms with Crippen molar-refractivity contribution < 1.29 is 4.79 Å². The Kier molecular flexibility index (Phi) is 4.04. The van der Waals surface area contributed by atoms with E-state index in [1.54, 1.807) is 0 Å². The molecule has 2 rings (SSSR count). The van der Waals surface area contributed by atoms with Gasteiger partial charge in [0.05, 0.1) is 20.0 Å². The molecule has 0 atom stereocenters. The van der Waals surface area contributed by atoms with E-state index >= 15 is 0 Å². The number of hydrogen-bond acceptors (Lipinski definition) is 3. The van der Waals surface area contributed by atoms with Crippen LogP contribution in [-0.2, 0) is 0 Å². The Labute approximate surface area is 119 Å². The summed E-state index contributed by atoms with van der Waals surface area (Å²) in [6.07, 6.45) is 0. The van der Waals surface area contributed by atoms with Crippen LogP contribution in [0.3, 0.4) is 0 Å². The SMILES string of the molecule is CN(C)c1ccccc1NC(=O)c1ccc(Br)s1. The van der Waals surface area contributed by atoms with E-state index in [2.05, 4.69) is 21.2 Å². The number of carbonyl (C=O) groups is 1. The maximum atomic E-state index is 12.1. The third-order valence-electron chi connectivity index (χ3n) is 2.43. The lowest BCUT2D eigenvalue weighted by Gasteiger charge is -2.17. The lowest BCUT2D eigenvalue weighted by Crippen LogP contribution is -2.15. The standard InChI is InChI=1S/C13H13BrN2OS/c1-16(2)10-6-4-3-5-9(10)15-13(17)11-7-8-12(14)18-11/h3-8H,1-2H3,(H,15,17). The second-order valence-electron chi connectivity index (χ2n) is 3.97. The molecule has 3 nitrogen and oxygen atoms in total. The zero-order chi connectivity index (χ0) is 13.1. The molecular weight excluding hydrogens is 312 g/mol. The van der Waals surface area contributed by atoms with E-state index in [-0.39, 0.29) is 5.91 Å². The van der Waals surface area contributed by atoms with Gasteiger partial charge in [0.15, 0.2) is 0 Å². The minimum absolute atomic E-state index is 0.0833. The maximum Gasteiger partial charge on any atom is 0.265 e. The van der Waals surface area contributed by atoms with Gasteiger partial charge in [-0.3, -0.25) is 4.79 Å². The Morgan fingerprint density at radius 2 is 1.94 bits per heavy atom. The summed E-state index contributed by atoms with van der Waals surface area (Å²) in [5.41, 5.74) is 1.80. The first-order chi connectivity index (χ1) is 8.58. The molecule has 0 aliphatic carbocycles. The second kappa shape index (κ2) is 5.54. The van der Waals surface area contributed by atoms with Crippen molar-refractivity contribution in [2.24, 2.45) is 0 Å². The third-order valence-corrected chi connectivity index (χ3v) is 4.05. The van der Waals surface area contributed by atoms with Crippen molar-refractivity contribution in [2.45, 2.75) is 0 Å². The molecule has 1 heterocycles. The molecule has 0 fully saturated rings. The van der Waals surface area contributed by atoms with Crippen LogP contribution in [-0.4, -0.2) is 20.0 Å². The molecule has 0 aliphatic heterocycles. The molecule has 94 valence electrons. The summed E-state index contributed by atoms with van der Waals surface area (Å²) in [4.78, 5) is 14.7. The van der Waals surface area contributed by atoms with Crippen LogP contribution in [0, 0.1) is 0 Å². The third kappa shape index (κ3) is 2.91. The van der Waals surface area contributed by atoms with Gasteiger partial charge in [-0.25, -0.2) is 0 Å². The minimum Gasteiger partial charge on any atom is -0.376 e. The summed E-state index contributed by atoms with van der Waals surface area (Å²) in [6.45, 7) is 0. The predicted octanol–water partition coefficient (Wildman–Crippen LogP) is 3.83. The van der Waals surface area contributed by atoms with Gasteiger partial charge < -0.3 is 10.2 Å². The normalized spacial score (nSPS) is 10.2. The minimum atomic E-state index is -0.0833. The average molecular weight is 325 g/mol. The van der Waals surface area contributed by atoms with Crippen LogP contribution in [0.15, 0.2) is 40.2 Å². The zero-order valence-electron chi connectivity index (χ0n) is 10.1. The maximum absolute atomic E-state index is 12.1. The first-order valence-electron chi connectivity index (χ1n) is 5.41. The number of thiophene rings is 1. The average Bonchev–Trinajstić information content (AvgIpc) is 2.76. The van der Waals surface area contributed by atoms with Gasteiger partial charge in [-0.1, -0.05) is 12.1 Å². The topological polar surface area (TPSA) is 32.3 Å². The van der Waals surface area contributed by atoms with Crippen LogP contribution in [0.2, 0.25) is 0 Å². The molecule has 0 saturated heterocycles. The van der Waals surface area contributed by atoms with Crippen LogP contribution >= 0.6 is 27.3 Å². The van der Waals surface area contributed by atoms with E-state index in [0.717, 1.165) is 15.2 Å². The number of nitrogens with one attached hydrogen (secondary N) is 1. The van der Waals surface area contributed by atoms with Gasteiger partial charge in [-0.15, -0.1) is 11.3 Å². The van der Waals surface area contributed by atoms with Crippen LogP contribution in [0.4, 0.5) is 11.4 Å². The van der Waals surface area contributed by atoms with Gasteiger partial charge in [0.25, 0.3) is 5.91 Å². The Morgan fingerprint density at radius 3 is 2.56 bits per heavy atom. The lowest BCUT2D eigenvalue weighted by atomic mass is 10.2. The molecule has 0 spiro atoms. The van der Waals surface area contributed by atoms with E-state index < -0.39 is 0 Å². The summed E-state index contributed by atoms with van der Waals surface area (Å²) in [5.74, 6) is -0.0833. The highest BCUT2D eigenvalue weighted by Gasteiger charge is 2.11. The number of para-hydroxylation sites is 2. The van der Waals surface area contributed by atoms with E-state index in [4.69, 9.17) is 0 Å². The molecule has 0 bridgehead atoms. The number of anilines is 2. The van der Waals surface area contributed by atoms with Crippen molar-refractivity contribution in [1.82, 2.24) is 0 Å². The summed E-state index contributed by atoms with van der Waals surface area (Å²) in [5, 5.41) is 2.93. The lowest BCUT2D eigenvalue weighted by molar-refractivity contribution is 0.103. The smallest absolute Gasteiger partial charge is 0.265 e. The number of amides is 1. The number of halogens is 1. The molecule has 1 N–H and O–H groups in total. The number of benzene rings is 1. The van der Waals surface area contributed by atoms with E-state index in [1.807, 2.05) is 55.4 Å². The van der Waals surface area contributed by atoms with Crippen molar-refractivity contribution in [3.8, 4) is 0 Å². The van der Waals surface area contributed by atoms with Crippen molar-refractivity contribution in [3.63, 3.8) is 0 Å². The van der Waals surface area contributed by atoms with E-state index in [0.29, 0.717) is 4.88 Å². The molecule has 1 amide bonds. The molecule has 0 unspecified atom stereocenters. The van der Waals surface area contributed by atoms with Gasteiger partial charge >= 0.3 is 0 Å². The zero-order valence-corrected chi connectivity index (χ0v) is 12.5. The fourth-order valence-corrected chi connectivity index (χ4v) is 2.87. The summed E-state index contributed by atoms with van der Waals surface area (Å²) in [7, 11) is 3.90. The number of nitrogens with zero attached hydrogens (tertiary/aromatic N) is 1. The highest BCUT2D eigenvalue weighted by atomic mass is 79.9. The van der Waals surface area contributed by atoms with Crippen molar-refractivity contribution in [1.29, 1.82) is 0 Å². The van der Waals surface area contributed by atoms with Crippen LogP contribution in [0.5, 0.6) is 0 Å². The molecule has 1 aromatic heterocycles. The molecule has 1 aromatic carbocycles. The monoisotopic (exact) mass is 324 g/mol.